The summed E-state index contributed by atoms with van der Waals surface area (Å²) in [4.78, 5) is 13.8. The van der Waals surface area contributed by atoms with Crippen LogP contribution in [0.4, 0.5) is 13.2 Å². The standard InChI is InChI=1S/C30H42F3N3O4/c1-27(38)12-13-29(17-39-3)18(15-27)4-6-20-21-7-8-23(28(21,2)11-10-22(20)29)26(37)16-36-25-9-5-19(40-30(31,32)33)14-24(25)34-35-36/h5,9,18,20-24,38H,4,6-8,10-17H2,1-3H3/t18-,20-,21-,22-,23+,24?,27+,28-,29+/m0/s1. The van der Waals surface area contributed by atoms with E-state index in [0.29, 0.717) is 29.4 Å². The van der Waals surface area contributed by atoms with Gasteiger partial charge in [0.25, 0.3) is 0 Å². The maximum atomic E-state index is 13.8. The van der Waals surface area contributed by atoms with Gasteiger partial charge in [0.05, 0.1) is 17.9 Å². The van der Waals surface area contributed by atoms with Crippen LogP contribution in [0.1, 0.15) is 78.1 Å². The van der Waals surface area contributed by atoms with Crippen molar-refractivity contribution in [2.75, 3.05) is 20.3 Å². The van der Waals surface area contributed by atoms with Crippen LogP contribution in [0.25, 0.3) is 0 Å². The number of ether oxygens (including phenoxy) is 2. The quantitative estimate of drug-likeness (QED) is 0.406. The second kappa shape index (κ2) is 9.82. The minimum absolute atomic E-state index is 0.0224. The van der Waals surface area contributed by atoms with Crippen molar-refractivity contribution in [3.8, 4) is 0 Å². The zero-order valence-corrected chi connectivity index (χ0v) is 23.8. The van der Waals surface area contributed by atoms with Gasteiger partial charge in [0.1, 0.15) is 18.3 Å². The summed E-state index contributed by atoms with van der Waals surface area (Å²) < 4.78 is 47.9. The Bertz CT molecular complexity index is 1120. The number of allylic oxidation sites excluding steroid dienone is 2. The second-order valence-corrected chi connectivity index (χ2v) is 13.9. The number of nitrogens with zero attached hydrogens (tertiary/aromatic N) is 3. The molecule has 0 saturated heterocycles. The van der Waals surface area contributed by atoms with Crippen molar-refractivity contribution in [2.45, 2.75) is 96.1 Å². The number of Topliss-reactive ketones (excluding diaryl/α,β-unsaturated/α-hetero) is 1. The zero-order chi connectivity index (χ0) is 28.5. The van der Waals surface area contributed by atoms with E-state index in [0.717, 1.165) is 64.4 Å². The van der Waals surface area contributed by atoms with Gasteiger partial charge in [-0.25, -0.2) is 5.01 Å². The van der Waals surface area contributed by atoms with Gasteiger partial charge in [-0.3, -0.25) is 4.79 Å². The number of alkyl halides is 3. The number of aliphatic hydroxyl groups is 1. The van der Waals surface area contributed by atoms with Crippen molar-refractivity contribution in [1.82, 2.24) is 5.01 Å². The van der Waals surface area contributed by atoms with Crippen LogP contribution in [0.5, 0.6) is 0 Å². The average Bonchev–Trinajstić information content (AvgIpc) is 3.43. The van der Waals surface area contributed by atoms with Gasteiger partial charge < -0.3 is 14.6 Å². The molecule has 1 aliphatic heterocycles. The summed E-state index contributed by atoms with van der Waals surface area (Å²) >= 11 is 0. The van der Waals surface area contributed by atoms with Gasteiger partial charge in [0.2, 0.25) is 0 Å². The van der Waals surface area contributed by atoms with Gasteiger partial charge in [-0.2, -0.15) is 5.11 Å². The molecule has 0 amide bonds. The lowest BCUT2D eigenvalue weighted by molar-refractivity contribution is -0.306. The van der Waals surface area contributed by atoms with E-state index in [2.05, 4.69) is 22.0 Å². The molecule has 0 aromatic carbocycles. The third-order valence-electron chi connectivity index (χ3n) is 11.8. The fraction of sp³-hybridized carbons (Fsp3) is 0.833. The highest BCUT2D eigenvalue weighted by atomic mass is 19.4. The fourth-order valence-electron chi connectivity index (χ4n) is 10.1. The van der Waals surface area contributed by atoms with E-state index in [1.165, 1.54) is 6.08 Å². The van der Waals surface area contributed by atoms with Crippen molar-refractivity contribution in [2.24, 2.45) is 50.8 Å². The van der Waals surface area contributed by atoms with E-state index < -0.39 is 18.0 Å². The zero-order valence-electron chi connectivity index (χ0n) is 23.8. The Labute approximate surface area is 234 Å². The molecule has 4 saturated carbocycles. The third-order valence-corrected chi connectivity index (χ3v) is 11.8. The number of hydrogen-bond acceptors (Lipinski definition) is 7. The molecule has 4 fully saturated rings. The van der Waals surface area contributed by atoms with Crippen LogP contribution in [-0.4, -0.2) is 54.2 Å². The normalized spacial score (nSPS) is 44.2. The SMILES string of the molecule is COC[C@]12CC[C@@](C)(O)C[C@@H]1CC[C@H]1[C@@H]3CC[C@H](C(=O)CN4N=NC5CC(OC(F)(F)F)=CC=C54)[C@@]3(C)CC[C@@H]12. The lowest BCUT2D eigenvalue weighted by atomic mass is 9.43. The minimum atomic E-state index is -4.74. The van der Waals surface area contributed by atoms with Crippen molar-refractivity contribution >= 4 is 5.78 Å². The molecule has 7 nitrogen and oxygen atoms in total. The molecular formula is C30H42F3N3O4. The second-order valence-electron chi connectivity index (χ2n) is 13.9. The summed E-state index contributed by atoms with van der Waals surface area (Å²) in [5.74, 6) is 2.01. The molecular weight excluding hydrogens is 523 g/mol. The number of fused-ring (bicyclic) bond motifs is 6. The van der Waals surface area contributed by atoms with Gasteiger partial charge in [-0.15, -0.1) is 13.2 Å². The number of ketones is 1. The van der Waals surface area contributed by atoms with Crippen LogP contribution in [0.3, 0.4) is 0 Å². The first-order valence-corrected chi connectivity index (χ1v) is 14.9. The van der Waals surface area contributed by atoms with Gasteiger partial charge in [0, 0.05) is 19.4 Å². The average molecular weight is 566 g/mol. The Kier molecular flexibility index (Phi) is 6.92. The van der Waals surface area contributed by atoms with E-state index >= 15 is 0 Å². The molecule has 5 aliphatic carbocycles. The number of carbonyl (C=O) groups excluding carboxylic acids is 1. The summed E-state index contributed by atoms with van der Waals surface area (Å²) in [7, 11) is 1.81. The number of hydrogen-bond donors (Lipinski definition) is 1. The summed E-state index contributed by atoms with van der Waals surface area (Å²) in [5, 5.41) is 20.7. The van der Waals surface area contributed by atoms with Crippen molar-refractivity contribution in [3.63, 3.8) is 0 Å². The lowest BCUT2D eigenvalue weighted by Crippen LogP contribution is -2.58. The van der Waals surface area contributed by atoms with Gasteiger partial charge in [-0.1, -0.05) is 12.1 Å². The van der Waals surface area contributed by atoms with Gasteiger partial charge in [0.15, 0.2) is 5.78 Å². The first-order chi connectivity index (χ1) is 18.9. The highest BCUT2D eigenvalue weighted by molar-refractivity contribution is 5.84. The predicted molar refractivity (Wildman–Crippen MR) is 140 cm³/mol. The van der Waals surface area contributed by atoms with E-state index in [1.807, 2.05) is 6.92 Å². The predicted octanol–water partition coefficient (Wildman–Crippen LogP) is 6.35. The molecule has 1 unspecified atom stereocenters. The van der Waals surface area contributed by atoms with Gasteiger partial charge in [-0.05, 0) is 111 Å². The Morgan fingerprint density at radius 1 is 1.10 bits per heavy atom. The van der Waals surface area contributed by atoms with Crippen LogP contribution in [0, 0.1) is 40.4 Å². The molecule has 0 radical (unpaired) electrons. The molecule has 9 atom stereocenters. The molecule has 0 bridgehead atoms. The van der Waals surface area contributed by atoms with Crippen LogP contribution < -0.4 is 0 Å². The molecule has 0 aromatic rings. The third kappa shape index (κ3) is 4.71. The number of carbonyl (C=O) groups is 1. The van der Waals surface area contributed by atoms with Crippen LogP contribution in [-0.2, 0) is 14.3 Å². The Balaban J connectivity index is 1.16. The van der Waals surface area contributed by atoms with E-state index in [-0.39, 0.29) is 41.3 Å². The van der Waals surface area contributed by atoms with Crippen LogP contribution in [0.15, 0.2) is 33.9 Å². The Morgan fingerprint density at radius 2 is 1.90 bits per heavy atom. The summed E-state index contributed by atoms with van der Waals surface area (Å²) in [6, 6.07) is -0.555. The molecule has 40 heavy (non-hydrogen) atoms. The van der Waals surface area contributed by atoms with E-state index in [4.69, 9.17) is 4.74 Å². The lowest BCUT2D eigenvalue weighted by Gasteiger charge is -2.62. The molecule has 1 heterocycles. The molecule has 222 valence electrons. The highest BCUT2D eigenvalue weighted by Crippen LogP contribution is 2.68. The highest BCUT2D eigenvalue weighted by Gasteiger charge is 2.63. The first kappa shape index (κ1) is 28.2. The maximum Gasteiger partial charge on any atom is 0.572 e. The fourth-order valence-corrected chi connectivity index (χ4v) is 10.1. The molecule has 6 aliphatic rings. The van der Waals surface area contributed by atoms with Crippen LogP contribution in [0.2, 0.25) is 0 Å². The number of rotatable bonds is 6. The summed E-state index contributed by atoms with van der Waals surface area (Å²) in [6.45, 7) is 5.15. The number of methoxy groups -OCH3 is 1. The monoisotopic (exact) mass is 565 g/mol. The van der Waals surface area contributed by atoms with E-state index in [1.54, 1.807) is 18.2 Å². The molecule has 1 N–H and O–H groups in total. The first-order valence-electron chi connectivity index (χ1n) is 14.9. The molecule has 0 spiro atoms. The summed E-state index contributed by atoms with van der Waals surface area (Å²) in [6.07, 6.45) is 7.05. The Hall–Kier alpha value is -1.94. The minimum Gasteiger partial charge on any atom is -0.410 e. The smallest absolute Gasteiger partial charge is 0.410 e. The largest absolute Gasteiger partial charge is 0.572 e. The topological polar surface area (TPSA) is 83.7 Å². The molecule has 10 heteroatoms. The van der Waals surface area contributed by atoms with Crippen molar-refractivity contribution < 1.29 is 32.5 Å². The number of halogens is 3. The van der Waals surface area contributed by atoms with Crippen molar-refractivity contribution in [3.05, 3.63) is 23.6 Å². The van der Waals surface area contributed by atoms with Crippen molar-refractivity contribution in [1.29, 1.82) is 0 Å². The maximum absolute atomic E-state index is 13.8. The Morgan fingerprint density at radius 3 is 2.65 bits per heavy atom. The van der Waals surface area contributed by atoms with E-state index in [9.17, 15) is 23.1 Å². The summed E-state index contributed by atoms with van der Waals surface area (Å²) in [5.41, 5.74) is 0.110. The van der Waals surface area contributed by atoms with Gasteiger partial charge >= 0.3 is 6.36 Å². The molecule has 6 rings (SSSR count). The van der Waals surface area contributed by atoms with Crippen LogP contribution >= 0.6 is 0 Å². The molecule has 0 aromatic heterocycles.